The number of benzene rings is 1. The van der Waals surface area contributed by atoms with Gasteiger partial charge in [-0.2, -0.15) is 4.31 Å². The van der Waals surface area contributed by atoms with Gasteiger partial charge in [0.05, 0.1) is 17.6 Å². The van der Waals surface area contributed by atoms with Crippen LogP contribution < -0.4 is 5.73 Å². The summed E-state index contributed by atoms with van der Waals surface area (Å²) in [6, 6.07) is 5.08. The first kappa shape index (κ1) is 15.4. The Labute approximate surface area is 129 Å². The normalized spacial score (nSPS) is 21.5. The molecule has 2 N–H and O–H groups in total. The Balaban J connectivity index is 2.34. The minimum absolute atomic E-state index is 0.241. The number of hydrogen-bond donors (Lipinski definition) is 1. The standard InChI is InChI=1S/C11H14Br2N2O3S/c12-8-1-2-10(13)11(5-8)19(16,17)15-3-4-18-9(6-14)7-15/h1-2,5,9H,3-4,6-7,14H2. The Morgan fingerprint density at radius 1 is 1.42 bits per heavy atom. The van der Waals surface area contributed by atoms with Crippen LogP contribution in [-0.4, -0.2) is 45.1 Å². The summed E-state index contributed by atoms with van der Waals surface area (Å²) >= 11 is 6.57. The van der Waals surface area contributed by atoms with Crippen LogP contribution in [0.25, 0.3) is 0 Å². The fourth-order valence-corrected chi connectivity index (χ4v) is 4.79. The second-order valence-corrected chi connectivity index (χ2v) is 7.84. The number of nitrogens with zero attached hydrogens (tertiary/aromatic N) is 1. The van der Waals surface area contributed by atoms with Gasteiger partial charge >= 0.3 is 0 Å². The van der Waals surface area contributed by atoms with Gasteiger partial charge in [-0.1, -0.05) is 15.9 Å². The predicted octanol–water partition coefficient (Wildman–Crippen LogP) is 1.56. The average Bonchev–Trinajstić information content (AvgIpc) is 2.41. The van der Waals surface area contributed by atoms with Crippen LogP contribution in [-0.2, 0) is 14.8 Å². The molecule has 0 radical (unpaired) electrons. The summed E-state index contributed by atoms with van der Waals surface area (Å²) in [7, 11) is -3.54. The molecule has 0 amide bonds. The predicted molar refractivity (Wildman–Crippen MR) is 79.4 cm³/mol. The summed E-state index contributed by atoms with van der Waals surface area (Å²) in [6.07, 6.45) is -0.241. The summed E-state index contributed by atoms with van der Waals surface area (Å²) in [5.41, 5.74) is 5.54. The molecule has 5 nitrogen and oxygen atoms in total. The molecule has 1 aromatic carbocycles. The molecule has 0 bridgehead atoms. The Hall–Kier alpha value is 0.01000. The summed E-state index contributed by atoms with van der Waals surface area (Å²) in [5.74, 6) is 0. The Morgan fingerprint density at radius 2 is 2.16 bits per heavy atom. The van der Waals surface area contributed by atoms with E-state index in [1.807, 2.05) is 0 Å². The lowest BCUT2D eigenvalue weighted by Crippen LogP contribution is -2.48. The second-order valence-electron chi connectivity index (χ2n) is 4.17. The van der Waals surface area contributed by atoms with E-state index >= 15 is 0 Å². The lowest BCUT2D eigenvalue weighted by Gasteiger charge is -2.31. The third-order valence-electron chi connectivity index (χ3n) is 2.88. The molecule has 0 saturated carbocycles. The van der Waals surface area contributed by atoms with Crippen molar-refractivity contribution in [3.05, 3.63) is 27.1 Å². The van der Waals surface area contributed by atoms with Crippen molar-refractivity contribution in [2.75, 3.05) is 26.2 Å². The van der Waals surface area contributed by atoms with Gasteiger partial charge in [-0.25, -0.2) is 8.42 Å². The highest BCUT2D eigenvalue weighted by molar-refractivity contribution is 9.11. The molecular formula is C11H14Br2N2O3S. The van der Waals surface area contributed by atoms with Crippen LogP contribution in [0.5, 0.6) is 0 Å². The zero-order chi connectivity index (χ0) is 14.0. The minimum Gasteiger partial charge on any atom is -0.374 e. The van der Waals surface area contributed by atoms with E-state index < -0.39 is 10.0 Å². The number of rotatable bonds is 3. The number of morpholine rings is 1. The fourth-order valence-electron chi connectivity index (χ4n) is 1.87. The van der Waals surface area contributed by atoms with Crippen molar-refractivity contribution >= 4 is 41.9 Å². The van der Waals surface area contributed by atoms with E-state index in [9.17, 15) is 8.42 Å². The maximum Gasteiger partial charge on any atom is 0.244 e. The van der Waals surface area contributed by atoms with Gasteiger partial charge in [0.15, 0.2) is 0 Å². The Kier molecular flexibility index (Phi) is 5.02. The minimum atomic E-state index is -3.54. The molecule has 1 atom stereocenters. The lowest BCUT2D eigenvalue weighted by molar-refractivity contribution is 0.00449. The average molecular weight is 414 g/mol. The summed E-state index contributed by atoms with van der Waals surface area (Å²) in [6.45, 7) is 1.31. The Bertz CT molecular complexity index is 565. The van der Waals surface area contributed by atoms with Crippen molar-refractivity contribution in [3.63, 3.8) is 0 Å². The SMILES string of the molecule is NCC1CN(S(=O)(=O)c2cc(Br)ccc2Br)CCO1. The topological polar surface area (TPSA) is 72.6 Å². The number of hydrogen-bond acceptors (Lipinski definition) is 4. The van der Waals surface area contributed by atoms with E-state index in [1.165, 1.54) is 4.31 Å². The first-order chi connectivity index (χ1) is 8.95. The molecule has 0 aliphatic carbocycles. The van der Waals surface area contributed by atoms with Gasteiger partial charge < -0.3 is 10.5 Å². The van der Waals surface area contributed by atoms with Crippen molar-refractivity contribution < 1.29 is 13.2 Å². The molecule has 2 rings (SSSR count). The van der Waals surface area contributed by atoms with Gasteiger partial charge in [0, 0.05) is 28.6 Å². The number of sulfonamides is 1. The summed E-state index contributed by atoms with van der Waals surface area (Å²) < 4.78 is 33.3. The second kappa shape index (κ2) is 6.19. The van der Waals surface area contributed by atoms with E-state index in [4.69, 9.17) is 10.5 Å². The third kappa shape index (κ3) is 3.37. The quantitative estimate of drug-likeness (QED) is 0.815. The maximum atomic E-state index is 12.6. The highest BCUT2D eigenvalue weighted by Crippen LogP contribution is 2.29. The number of halogens is 2. The van der Waals surface area contributed by atoms with Gasteiger partial charge in [-0.15, -0.1) is 0 Å². The van der Waals surface area contributed by atoms with Gasteiger partial charge in [0.25, 0.3) is 0 Å². The molecule has 8 heteroatoms. The number of nitrogens with two attached hydrogens (primary N) is 1. The van der Waals surface area contributed by atoms with Crippen LogP contribution >= 0.6 is 31.9 Å². The molecule has 1 aliphatic rings. The van der Waals surface area contributed by atoms with Crippen molar-refractivity contribution in [2.45, 2.75) is 11.0 Å². The molecule has 0 spiro atoms. The summed E-state index contributed by atoms with van der Waals surface area (Å²) in [4.78, 5) is 0.250. The van der Waals surface area contributed by atoms with Crippen molar-refractivity contribution in [1.29, 1.82) is 0 Å². The van der Waals surface area contributed by atoms with Crippen LogP contribution in [0.4, 0.5) is 0 Å². The van der Waals surface area contributed by atoms with Crippen molar-refractivity contribution in [3.8, 4) is 0 Å². The molecule has 1 unspecified atom stereocenters. The molecular weight excluding hydrogens is 400 g/mol. The molecule has 106 valence electrons. The maximum absolute atomic E-state index is 12.6. The van der Waals surface area contributed by atoms with Gasteiger partial charge in [0.2, 0.25) is 10.0 Å². The first-order valence-corrected chi connectivity index (χ1v) is 8.74. The van der Waals surface area contributed by atoms with E-state index in [0.717, 1.165) is 4.47 Å². The zero-order valence-electron chi connectivity index (χ0n) is 10.1. The molecule has 19 heavy (non-hydrogen) atoms. The first-order valence-electron chi connectivity index (χ1n) is 5.72. The summed E-state index contributed by atoms with van der Waals surface area (Å²) in [5, 5.41) is 0. The van der Waals surface area contributed by atoms with Crippen molar-refractivity contribution in [2.24, 2.45) is 5.73 Å². The lowest BCUT2D eigenvalue weighted by atomic mass is 10.3. The number of ether oxygens (including phenoxy) is 1. The van der Waals surface area contributed by atoms with Crippen LogP contribution in [0.3, 0.4) is 0 Å². The van der Waals surface area contributed by atoms with E-state index in [2.05, 4.69) is 31.9 Å². The molecule has 1 fully saturated rings. The van der Waals surface area contributed by atoms with Crippen LogP contribution in [0.15, 0.2) is 32.0 Å². The molecule has 1 saturated heterocycles. The van der Waals surface area contributed by atoms with Crippen LogP contribution in [0, 0.1) is 0 Å². The highest BCUT2D eigenvalue weighted by Gasteiger charge is 2.31. The van der Waals surface area contributed by atoms with Crippen molar-refractivity contribution in [1.82, 2.24) is 4.31 Å². The monoisotopic (exact) mass is 412 g/mol. The van der Waals surface area contributed by atoms with Crippen LogP contribution in [0.1, 0.15) is 0 Å². The van der Waals surface area contributed by atoms with Crippen LogP contribution in [0.2, 0.25) is 0 Å². The largest absolute Gasteiger partial charge is 0.374 e. The molecule has 0 aromatic heterocycles. The van der Waals surface area contributed by atoms with Gasteiger partial charge in [-0.05, 0) is 34.1 Å². The van der Waals surface area contributed by atoms with E-state index in [-0.39, 0.29) is 17.5 Å². The van der Waals surface area contributed by atoms with Gasteiger partial charge in [0.1, 0.15) is 0 Å². The third-order valence-corrected chi connectivity index (χ3v) is 6.23. The van der Waals surface area contributed by atoms with Gasteiger partial charge in [-0.3, -0.25) is 0 Å². The zero-order valence-corrected chi connectivity index (χ0v) is 14.0. The molecule has 1 heterocycles. The Morgan fingerprint density at radius 3 is 2.84 bits per heavy atom. The van der Waals surface area contributed by atoms with E-state index in [0.29, 0.717) is 24.2 Å². The molecule has 1 aromatic rings. The molecule has 1 aliphatic heterocycles. The fraction of sp³-hybridized carbons (Fsp3) is 0.455. The van der Waals surface area contributed by atoms with E-state index in [1.54, 1.807) is 18.2 Å². The highest BCUT2D eigenvalue weighted by atomic mass is 79.9. The smallest absolute Gasteiger partial charge is 0.244 e.